The number of nitrogens with one attached hydrogen (secondary N) is 1. The molecule has 3 aliphatic rings. The molecule has 0 unspecified atom stereocenters. The molecule has 0 aromatic heterocycles. The minimum absolute atomic E-state index is 0.142. The topological polar surface area (TPSA) is 72.8 Å². The van der Waals surface area contributed by atoms with E-state index in [4.69, 9.17) is 0 Å². The van der Waals surface area contributed by atoms with Crippen LogP contribution in [0, 0.1) is 5.92 Å². The van der Waals surface area contributed by atoms with Gasteiger partial charge in [-0.3, -0.25) is 4.90 Å². The molecule has 1 aromatic carbocycles. The highest BCUT2D eigenvalue weighted by molar-refractivity contribution is 5.66. The Balaban J connectivity index is 1.75. The van der Waals surface area contributed by atoms with Gasteiger partial charge in [0.2, 0.25) is 0 Å². The van der Waals surface area contributed by atoms with Crippen molar-refractivity contribution in [3.8, 4) is 0 Å². The first-order chi connectivity index (χ1) is 13.2. The summed E-state index contributed by atoms with van der Waals surface area (Å²) in [4.78, 5) is 13.5. The second-order valence-electron chi connectivity index (χ2n) is 9.79. The second kappa shape index (κ2) is 8.42. The van der Waals surface area contributed by atoms with Crippen molar-refractivity contribution in [2.24, 2.45) is 5.92 Å². The Morgan fingerprint density at radius 1 is 1.18 bits per heavy atom. The van der Waals surface area contributed by atoms with E-state index in [2.05, 4.69) is 5.32 Å². The van der Waals surface area contributed by atoms with Crippen molar-refractivity contribution in [3.63, 3.8) is 0 Å². The molecule has 3 aliphatic carbocycles. The monoisotopic (exact) mass is 388 g/mol. The van der Waals surface area contributed by atoms with Crippen molar-refractivity contribution in [3.05, 3.63) is 35.9 Å². The van der Waals surface area contributed by atoms with E-state index in [0.717, 1.165) is 11.5 Å². The van der Waals surface area contributed by atoms with Crippen molar-refractivity contribution >= 4 is 6.09 Å². The summed E-state index contributed by atoms with van der Waals surface area (Å²) in [6.07, 6.45) is 6.12. The number of nitrogens with zero attached hydrogens (tertiary/aromatic N) is 1. The first-order valence-corrected chi connectivity index (χ1v) is 10.7. The molecule has 5 heteroatoms. The minimum Gasteiger partial charge on any atom is -0.465 e. The van der Waals surface area contributed by atoms with Gasteiger partial charge in [-0.2, -0.15) is 0 Å². The number of rotatable bonds is 7. The number of β-amino-alcohol motifs (C(OH)–C–C–N with tert-alkyl or cyclic N) is 1. The third-order valence-electron chi connectivity index (χ3n) is 6.77. The average molecular weight is 389 g/mol. The lowest BCUT2D eigenvalue weighted by Crippen LogP contribution is -2.60. The van der Waals surface area contributed by atoms with Gasteiger partial charge in [0.15, 0.2) is 0 Å². The molecule has 5 nitrogen and oxygen atoms in total. The maximum Gasteiger partial charge on any atom is 0.408 e. The van der Waals surface area contributed by atoms with Crippen molar-refractivity contribution < 1.29 is 15.0 Å². The molecular weight excluding hydrogens is 352 g/mol. The predicted molar refractivity (Wildman–Crippen MR) is 111 cm³/mol. The van der Waals surface area contributed by atoms with Gasteiger partial charge in [-0.1, -0.05) is 30.3 Å². The van der Waals surface area contributed by atoms with Crippen molar-refractivity contribution in [2.45, 2.75) is 88.9 Å². The van der Waals surface area contributed by atoms with E-state index in [0.29, 0.717) is 13.0 Å². The lowest BCUT2D eigenvalue weighted by molar-refractivity contribution is -0.000257. The first kappa shape index (κ1) is 21.1. The number of amides is 1. The van der Waals surface area contributed by atoms with Crippen molar-refractivity contribution in [1.29, 1.82) is 0 Å². The van der Waals surface area contributed by atoms with Gasteiger partial charge in [0, 0.05) is 17.6 Å². The summed E-state index contributed by atoms with van der Waals surface area (Å²) in [7, 11) is 0. The molecule has 2 bridgehead atoms. The van der Waals surface area contributed by atoms with Gasteiger partial charge < -0.3 is 15.5 Å². The van der Waals surface area contributed by atoms with E-state index in [9.17, 15) is 15.0 Å². The number of aliphatic hydroxyl groups excluding tert-OH is 1. The van der Waals surface area contributed by atoms with Crippen LogP contribution in [-0.4, -0.2) is 51.0 Å². The lowest BCUT2D eigenvalue weighted by Gasteiger charge is -2.48. The predicted octanol–water partition coefficient (Wildman–Crippen LogP) is 4.05. The van der Waals surface area contributed by atoms with Crippen LogP contribution in [0.15, 0.2) is 30.3 Å². The van der Waals surface area contributed by atoms with Gasteiger partial charge in [-0.15, -0.1) is 0 Å². The maximum absolute atomic E-state index is 12.1. The van der Waals surface area contributed by atoms with E-state index in [1.54, 1.807) is 0 Å². The molecule has 2 atom stereocenters. The zero-order chi connectivity index (χ0) is 20.4. The Hall–Kier alpha value is -1.59. The van der Waals surface area contributed by atoms with Crippen LogP contribution in [-0.2, 0) is 6.42 Å². The first-order valence-electron chi connectivity index (χ1n) is 10.7. The van der Waals surface area contributed by atoms with E-state index < -0.39 is 23.8 Å². The number of carbonyl (C=O) groups is 1. The molecule has 3 N–H and O–H groups in total. The molecule has 0 heterocycles. The Morgan fingerprint density at radius 3 is 2.25 bits per heavy atom. The van der Waals surface area contributed by atoms with E-state index >= 15 is 0 Å². The van der Waals surface area contributed by atoms with E-state index in [1.807, 2.05) is 51.1 Å². The average Bonchev–Trinajstić information content (AvgIpc) is 2.66. The fraction of sp³-hybridized carbons (Fsp3) is 0.696. The Labute approximate surface area is 169 Å². The smallest absolute Gasteiger partial charge is 0.408 e. The van der Waals surface area contributed by atoms with Crippen molar-refractivity contribution in [1.82, 2.24) is 10.2 Å². The number of hydrogen-bond acceptors (Lipinski definition) is 3. The molecule has 3 fully saturated rings. The third kappa shape index (κ3) is 4.87. The van der Waals surface area contributed by atoms with Gasteiger partial charge >= 0.3 is 6.09 Å². The standard InChI is InChI=1S/C23H36N2O3/c1-22(2,3)25(21(27)28)19(15-18-7-5-4-6-8-18)20(26)16-24-23-12-9-17(10-13-23)11-14-23/h4-8,17,19-20,24,26H,9-16H2,1-3H3,(H,27,28)/t17?,19-,20+,23?/m0/s1. The summed E-state index contributed by atoms with van der Waals surface area (Å²) >= 11 is 0. The highest BCUT2D eigenvalue weighted by Gasteiger charge is 2.42. The molecule has 0 radical (unpaired) electrons. The fourth-order valence-corrected chi connectivity index (χ4v) is 5.15. The van der Waals surface area contributed by atoms with Gasteiger partial charge in [-0.25, -0.2) is 4.79 Å². The summed E-state index contributed by atoms with van der Waals surface area (Å²) < 4.78 is 0. The molecular formula is C23H36N2O3. The zero-order valence-electron chi connectivity index (χ0n) is 17.5. The van der Waals surface area contributed by atoms with Crippen molar-refractivity contribution in [2.75, 3.05) is 6.54 Å². The molecule has 3 saturated carbocycles. The summed E-state index contributed by atoms with van der Waals surface area (Å²) in [6, 6.07) is 9.36. The highest BCUT2D eigenvalue weighted by Crippen LogP contribution is 2.44. The van der Waals surface area contributed by atoms with Crippen LogP contribution in [0.2, 0.25) is 0 Å². The van der Waals surface area contributed by atoms with Crippen LogP contribution >= 0.6 is 0 Å². The quantitative estimate of drug-likeness (QED) is 0.659. The number of fused-ring (bicyclic) bond motifs is 3. The van der Waals surface area contributed by atoms with Gasteiger partial charge in [0.1, 0.15) is 0 Å². The Kier molecular flexibility index (Phi) is 6.35. The zero-order valence-corrected chi connectivity index (χ0v) is 17.5. The summed E-state index contributed by atoms with van der Waals surface area (Å²) in [5.41, 5.74) is 0.592. The summed E-state index contributed by atoms with van der Waals surface area (Å²) in [5, 5.41) is 24.7. The Bertz CT molecular complexity index is 634. The molecule has 0 spiro atoms. The minimum atomic E-state index is -0.983. The van der Waals surface area contributed by atoms with Gasteiger partial charge in [0.25, 0.3) is 0 Å². The molecule has 1 aromatic rings. The second-order valence-corrected chi connectivity index (χ2v) is 9.79. The fourth-order valence-electron chi connectivity index (χ4n) is 5.15. The maximum atomic E-state index is 12.1. The highest BCUT2D eigenvalue weighted by atomic mass is 16.4. The van der Waals surface area contributed by atoms with E-state index in [1.165, 1.54) is 43.4 Å². The molecule has 4 rings (SSSR count). The largest absolute Gasteiger partial charge is 0.465 e. The number of benzene rings is 1. The molecule has 0 saturated heterocycles. The van der Waals surface area contributed by atoms with Crippen LogP contribution in [0.4, 0.5) is 4.79 Å². The SMILES string of the molecule is CC(C)(C)N(C(=O)O)[C@@H](Cc1ccccc1)[C@H](O)CNC12CCC(CC1)CC2. The third-order valence-corrected chi connectivity index (χ3v) is 6.77. The van der Waals surface area contributed by atoms with Crippen LogP contribution in [0.25, 0.3) is 0 Å². The molecule has 1 amide bonds. The summed E-state index contributed by atoms with van der Waals surface area (Å²) in [6.45, 7) is 6.10. The number of hydrogen-bond donors (Lipinski definition) is 3. The van der Waals surface area contributed by atoms with Crippen LogP contribution in [0.1, 0.15) is 64.9 Å². The molecule has 28 heavy (non-hydrogen) atoms. The molecule has 0 aliphatic heterocycles. The number of aliphatic hydroxyl groups is 1. The van der Waals surface area contributed by atoms with Crippen LogP contribution < -0.4 is 5.32 Å². The van der Waals surface area contributed by atoms with Crippen LogP contribution in [0.3, 0.4) is 0 Å². The van der Waals surface area contributed by atoms with Gasteiger partial charge in [0.05, 0.1) is 12.1 Å². The lowest BCUT2D eigenvalue weighted by atomic mass is 9.66. The summed E-state index contributed by atoms with van der Waals surface area (Å²) in [5.74, 6) is 0.892. The van der Waals surface area contributed by atoms with Gasteiger partial charge in [-0.05, 0) is 77.2 Å². The van der Waals surface area contributed by atoms with Crippen LogP contribution in [0.5, 0.6) is 0 Å². The normalized spacial score (nSPS) is 26.6. The number of carboxylic acid groups (broad SMARTS) is 1. The Morgan fingerprint density at radius 2 is 1.75 bits per heavy atom. The van der Waals surface area contributed by atoms with E-state index in [-0.39, 0.29) is 5.54 Å². The molecule has 156 valence electrons.